The SMILES string of the molecule is CC(OC(=O)/C=C/c1sc2ccccc2c1Cl)C(=O)Nc1c(F)cccc1F. The van der Waals surface area contributed by atoms with Gasteiger partial charge in [-0.05, 0) is 31.2 Å². The fourth-order valence-corrected chi connectivity index (χ4v) is 3.79. The molecule has 0 bridgehead atoms. The minimum absolute atomic E-state index is 0.519. The van der Waals surface area contributed by atoms with Gasteiger partial charge in [0, 0.05) is 21.0 Å². The lowest BCUT2D eigenvalue weighted by Crippen LogP contribution is -2.30. The van der Waals surface area contributed by atoms with Crippen LogP contribution in [0.3, 0.4) is 0 Å². The molecule has 28 heavy (non-hydrogen) atoms. The van der Waals surface area contributed by atoms with Crippen LogP contribution in [0.15, 0.2) is 48.5 Å². The molecule has 3 rings (SSSR count). The smallest absolute Gasteiger partial charge is 0.331 e. The second kappa shape index (κ2) is 8.50. The first-order valence-corrected chi connectivity index (χ1v) is 9.37. The summed E-state index contributed by atoms with van der Waals surface area (Å²) in [5.41, 5.74) is -0.594. The van der Waals surface area contributed by atoms with Gasteiger partial charge in [0.05, 0.1) is 5.02 Å². The lowest BCUT2D eigenvalue weighted by Gasteiger charge is -2.13. The number of esters is 1. The van der Waals surface area contributed by atoms with Crippen molar-refractivity contribution in [3.63, 3.8) is 0 Å². The van der Waals surface area contributed by atoms with Gasteiger partial charge in [-0.25, -0.2) is 13.6 Å². The lowest BCUT2D eigenvalue weighted by molar-refractivity contribution is -0.148. The second-order valence-corrected chi connectivity index (χ2v) is 7.24. The van der Waals surface area contributed by atoms with Crippen LogP contribution in [0.25, 0.3) is 16.2 Å². The third kappa shape index (κ3) is 4.37. The van der Waals surface area contributed by atoms with E-state index in [4.69, 9.17) is 16.3 Å². The van der Waals surface area contributed by atoms with Gasteiger partial charge in [0.2, 0.25) is 0 Å². The molecule has 1 unspecified atom stereocenters. The molecule has 4 nitrogen and oxygen atoms in total. The number of anilines is 1. The summed E-state index contributed by atoms with van der Waals surface area (Å²) < 4.78 is 33.1. The summed E-state index contributed by atoms with van der Waals surface area (Å²) in [6.07, 6.45) is 1.38. The normalized spacial score (nSPS) is 12.3. The number of carbonyl (C=O) groups excluding carboxylic acids is 2. The molecule has 0 saturated heterocycles. The van der Waals surface area contributed by atoms with Crippen LogP contribution in [0.1, 0.15) is 11.8 Å². The zero-order valence-corrected chi connectivity index (χ0v) is 16.1. The van der Waals surface area contributed by atoms with Gasteiger partial charge < -0.3 is 10.1 Å². The van der Waals surface area contributed by atoms with Gasteiger partial charge in [-0.2, -0.15) is 0 Å². The molecule has 1 aromatic heterocycles. The summed E-state index contributed by atoms with van der Waals surface area (Å²) in [4.78, 5) is 24.7. The monoisotopic (exact) mass is 421 g/mol. The van der Waals surface area contributed by atoms with E-state index in [1.807, 2.05) is 24.3 Å². The molecule has 3 aromatic rings. The fraction of sp³-hybridized carbons (Fsp3) is 0.100. The van der Waals surface area contributed by atoms with Crippen LogP contribution in [0.5, 0.6) is 0 Å². The van der Waals surface area contributed by atoms with E-state index in [1.54, 1.807) is 0 Å². The Balaban J connectivity index is 1.64. The van der Waals surface area contributed by atoms with Gasteiger partial charge in [0.1, 0.15) is 17.3 Å². The van der Waals surface area contributed by atoms with Gasteiger partial charge in [-0.1, -0.05) is 35.9 Å². The molecule has 0 aliphatic heterocycles. The van der Waals surface area contributed by atoms with Crippen molar-refractivity contribution in [3.05, 3.63) is 70.1 Å². The maximum atomic E-state index is 13.6. The van der Waals surface area contributed by atoms with Crippen molar-refractivity contribution in [3.8, 4) is 0 Å². The van der Waals surface area contributed by atoms with Crippen molar-refractivity contribution < 1.29 is 23.1 Å². The summed E-state index contributed by atoms with van der Waals surface area (Å²) in [6.45, 7) is 1.30. The van der Waals surface area contributed by atoms with E-state index in [-0.39, 0.29) is 0 Å². The highest BCUT2D eigenvalue weighted by molar-refractivity contribution is 7.20. The Hall–Kier alpha value is -2.77. The van der Waals surface area contributed by atoms with E-state index in [0.717, 1.165) is 28.3 Å². The Morgan fingerprint density at radius 1 is 1.14 bits per heavy atom. The van der Waals surface area contributed by atoms with E-state index >= 15 is 0 Å². The van der Waals surface area contributed by atoms with Crippen molar-refractivity contribution in [2.24, 2.45) is 0 Å². The molecular formula is C20H14ClF2NO3S. The van der Waals surface area contributed by atoms with Crippen molar-refractivity contribution in [2.45, 2.75) is 13.0 Å². The highest BCUT2D eigenvalue weighted by Crippen LogP contribution is 2.35. The summed E-state index contributed by atoms with van der Waals surface area (Å²) in [5, 5.41) is 3.47. The molecule has 0 radical (unpaired) electrons. The molecular weight excluding hydrogens is 408 g/mol. The van der Waals surface area contributed by atoms with Crippen LogP contribution in [0.4, 0.5) is 14.5 Å². The number of nitrogens with one attached hydrogen (secondary N) is 1. The predicted octanol–water partition coefficient (Wildman–Crippen LogP) is 5.42. The molecule has 8 heteroatoms. The molecule has 0 aliphatic rings. The van der Waals surface area contributed by atoms with Crippen molar-refractivity contribution in [1.29, 1.82) is 0 Å². The third-order valence-electron chi connectivity index (χ3n) is 3.80. The molecule has 144 valence electrons. The number of thiophene rings is 1. The average Bonchev–Trinajstić information content (AvgIpc) is 2.99. The molecule has 1 amide bonds. The highest BCUT2D eigenvalue weighted by atomic mass is 35.5. The predicted molar refractivity (Wildman–Crippen MR) is 106 cm³/mol. The van der Waals surface area contributed by atoms with Gasteiger partial charge in [-0.3, -0.25) is 4.79 Å². The van der Waals surface area contributed by atoms with E-state index < -0.39 is 35.3 Å². The number of halogens is 3. The second-order valence-electron chi connectivity index (χ2n) is 5.77. The van der Waals surface area contributed by atoms with Crippen LogP contribution in [-0.4, -0.2) is 18.0 Å². The largest absolute Gasteiger partial charge is 0.449 e. The molecule has 1 heterocycles. The fourth-order valence-electron chi connectivity index (χ4n) is 2.39. The molecule has 2 aromatic carbocycles. The Morgan fingerprint density at radius 2 is 1.82 bits per heavy atom. The van der Waals surface area contributed by atoms with Crippen molar-refractivity contribution in [1.82, 2.24) is 0 Å². The van der Waals surface area contributed by atoms with Crippen LogP contribution < -0.4 is 5.32 Å². The number of ether oxygens (including phenoxy) is 1. The molecule has 0 fully saturated rings. The molecule has 0 spiro atoms. The van der Waals surface area contributed by atoms with Gasteiger partial charge in [0.25, 0.3) is 5.91 Å². The number of benzene rings is 2. The molecule has 1 N–H and O–H groups in total. The van der Waals surface area contributed by atoms with E-state index in [1.165, 1.54) is 30.4 Å². The van der Waals surface area contributed by atoms with E-state index in [2.05, 4.69) is 5.32 Å². The Kier molecular flexibility index (Phi) is 6.06. The first-order chi connectivity index (χ1) is 13.4. The number of para-hydroxylation sites is 1. The van der Waals surface area contributed by atoms with Crippen molar-refractivity contribution >= 4 is 56.7 Å². The van der Waals surface area contributed by atoms with Crippen LogP contribution >= 0.6 is 22.9 Å². The first kappa shape index (κ1) is 20.0. The number of hydrogen-bond donors (Lipinski definition) is 1. The zero-order chi connectivity index (χ0) is 20.3. The number of rotatable bonds is 5. The maximum absolute atomic E-state index is 13.6. The number of carbonyl (C=O) groups is 2. The van der Waals surface area contributed by atoms with Gasteiger partial charge >= 0.3 is 5.97 Å². The van der Waals surface area contributed by atoms with Crippen LogP contribution in [0, 0.1) is 11.6 Å². The summed E-state index contributed by atoms with van der Waals surface area (Å²) in [5.74, 6) is -3.49. The Bertz CT molecular complexity index is 1060. The standard InChI is InChI=1S/C20H14ClF2NO3S/c1-11(20(26)24-19-13(22)6-4-7-14(19)23)27-17(25)10-9-16-18(21)12-5-2-3-8-15(12)28-16/h2-11H,1H3,(H,24,26)/b10-9+. The van der Waals surface area contributed by atoms with Crippen molar-refractivity contribution in [2.75, 3.05) is 5.32 Å². The van der Waals surface area contributed by atoms with Crippen LogP contribution in [0.2, 0.25) is 5.02 Å². The lowest BCUT2D eigenvalue weighted by atomic mass is 10.2. The zero-order valence-electron chi connectivity index (χ0n) is 14.5. The summed E-state index contributed by atoms with van der Waals surface area (Å²) >= 11 is 7.70. The summed E-state index contributed by atoms with van der Waals surface area (Å²) in [6, 6.07) is 10.7. The topological polar surface area (TPSA) is 55.4 Å². The minimum atomic E-state index is -1.26. The van der Waals surface area contributed by atoms with Crippen LogP contribution in [-0.2, 0) is 14.3 Å². The quantitative estimate of drug-likeness (QED) is 0.442. The number of fused-ring (bicyclic) bond motifs is 1. The Morgan fingerprint density at radius 3 is 2.50 bits per heavy atom. The number of amides is 1. The third-order valence-corrected chi connectivity index (χ3v) is 5.46. The number of hydrogen-bond acceptors (Lipinski definition) is 4. The summed E-state index contributed by atoms with van der Waals surface area (Å²) in [7, 11) is 0. The highest BCUT2D eigenvalue weighted by Gasteiger charge is 2.20. The Labute approximate surface area is 168 Å². The average molecular weight is 422 g/mol. The molecule has 0 saturated carbocycles. The maximum Gasteiger partial charge on any atom is 0.331 e. The van der Waals surface area contributed by atoms with E-state index in [0.29, 0.717) is 9.90 Å². The van der Waals surface area contributed by atoms with Gasteiger partial charge in [-0.15, -0.1) is 11.3 Å². The van der Waals surface area contributed by atoms with E-state index in [9.17, 15) is 18.4 Å². The molecule has 1 atom stereocenters. The first-order valence-electron chi connectivity index (χ1n) is 8.17. The molecule has 0 aliphatic carbocycles. The minimum Gasteiger partial charge on any atom is -0.449 e. The van der Waals surface area contributed by atoms with Gasteiger partial charge in [0.15, 0.2) is 6.10 Å².